The molecule has 0 unspecified atom stereocenters. The molecule has 110 valence electrons. The van der Waals surface area contributed by atoms with Gasteiger partial charge in [0.1, 0.15) is 0 Å². The highest BCUT2D eigenvalue weighted by molar-refractivity contribution is 5.90. The number of benzene rings is 2. The molecule has 0 aliphatic carbocycles. The molecule has 0 saturated carbocycles. The number of hydrogen-bond acceptors (Lipinski definition) is 2. The van der Waals surface area contributed by atoms with Crippen LogP contribution in [0.3, 0.4) is 0 Å². The molecule has 2 rings (SSSR count). The number of carbonyl (C=O) groups excluding carboxylic acids is 1. The normalized spacial score (nSPS) is 10.2. The molecule has 0 heterocycles. The molecule has 0 bridgehead atoms. The number of carbonyl (C=O) groups is 1. The lowest BCUT2D eigenvalue weighted by Gasteiger charge is -2.09. The van der Waals surface area contributed by atoms with Crippen molar-refractivity contribution in [3.63, 3.8) is 0 Å². The van der Waals surface area contributed by atoms with Crippen LogP contribution in [0.5, 0.6) is 0 Å². The maximum Gasteiger partial charge on any atom is 0.224 e. The van der Waals surface area contributed by atoms with Crippen molar-refractivity contribution >= 4 is 17.3 Å². The second kappa shape index (κ2) is 7.48. The third kappa shape index (κ3) is 4.63. The summed E-state index contributed by atoms with van der Waals surface area (Å²) in [6.45, 7) is 4.80. The largest absolute Gasteiger partial charge is 0.381 e. The Labute approximate surface area is 126 Å². The average molecular weight is 282 g/mol. The third-order valence-corrected chi connectivity index (χ3v) is 3.42. The summed E-state index contributed by atoms with van der Waals surface area (Å²) in [6, 6.07) is 16.4. The highest BCUT2D eigenvalue weighted by Crippen LogP contribution is 2.15. The van der Waals surface area contributed by atoms with E-state index in [0.29, 0.717) is 6.42 Å². The molecule has 0 aliphatic rings. The fraction of sp³-hybridized carbons (Fsp3) is 0.278. The summed E-state index contributed by atoms with van der Waals surface area (Å²) in [4.78, 5) is 11.3. The minimum absolute atomic E-state index is 0.0340. The van der Waals surface area contributed by atoms with Crippen LogP contribution in [0.15, 0.2) is 48.5 Å². The lowest BCUT2D eigenvalue weighted by molar-refractivity contribution is -0.115. The molecule has 1 amide bonds. The highest BCUT2D eigenvalue weighted by atomic mass is 16.1. The van der Waals surface area contributed by atoms with Crippen LogP contribution >= 0.6 is 0 Å². The van der Waals surface area contributed by atoms with E-state index in [9.17, 15) is 4.79 Å². The minimum Gasteiger partial charge on any atom is -0.381 e. The van der Waals surface area contributed by atoms with Gasteiger partial charge in [-0.1, -0.05) is 38.1 Å². The molecule has 3 heteroatoms. The van der Waals surface area contributed by atoms with Gasteiger partial charge in [0.2, 0.25) is 5.91 Å². The van der Waals surface area contributed by atoms with Crippen LogP contribution in [-0.2, 0) is 17.8 Å². The molecule has 0 fully saturated rings. The zero-order valence-electron chi connectivity index (χ0n) is 12.6. The number of rotatable bonds is 6. The average Bonchev–Trinajstić information content (AvgIpc) is 2.54. The van der Waals surface area contributed by atoms with Crippen molar-refractivity contribution in [1.82, 2.24) is 0 Å². The van der Waals surface area contributed by atoms with Crippen LogP contribution in [-0.4, -0.2) is 5.91 Å². The second-order valence-corrected chi connectivity index (χ2v) is 5.00. The summed E-state index contributed by atoms with van der Waals surface area (Å²) in [7, 11) is 0. The minimum atomic E-state index is 0.0340. The van der Waals surface area contributed by atoms with E-state index in [2.05, 4.69) is 41.8 Å². The Kier molecular flexibility index (Phi) is 5.38. The quantitative estimate of drug-likeness (QED) is 0.833. The van der Waals surface area contributed by atoms with Gasteiger partial charge in [0.05, 0.1) is 0 Å². The van der Waals surface area contributed by atoms with Crippen molar-refractivity contribution in [1.29, 1.82) is 0 Å². The molecule has 0 spiro atoms. The van der Waals surface area contributed by atoms with Crippen molar-refractivity contribution in [3.8, 4) is 0 Å². The molecule has 0 radical (unpaired) electrons. The number of anilines is 2. The van der Waals surface area contributed by atoms with Crippen molar-refractivity contribution in [2.45, 2.75) is 33.2 Å². The zero-order chi connectivity index (χ0) is 15.1. The van der Waals surface area contributed by atoms with Crippen LogP contribution in [0.1, 0.15) is 31.4 Å². The predicted molar refractivity (Wildman–Crippen MR) is 88.5 cm³/mol. The van der Waals surface area contributed by atoms with Gasteiger partial charge in [-0.15, -0.1) is 0 Å². The maximum absolute atomic E-state index is 11.3. The molecule has 0 aromatic heterocycles. The Morgan fingerprint density at radius 3 is 2.00 bits per heavy atom. The van der Waals surface area contributed by atoms with Crippen LogP contribution in [0.25, 0.3) is 0 Å². The Morgan fingerprint density at radius 1 is 0.857 bits per heavy atom. The highest BCUT2D eigenvalue weighted by Gasteiger charge is 1.99. The van der Waals surface area contributed by atoms with Gasteiger partial charge in [-0.3, -0.25) is 4.79 Å². The lowest BCUT2D eigenvalue weighted by Crippen LogP contribution is -2.09. The first-order valence-corrected chi connectivity index (χ1v) is 7.43. The third-order valence-electron chi connectivity index (χ3n) is 3.42. The zero-order valence-corrected chi connectivity index (χ0v) is 12.6. The topological polar surface area (TPSA) is 41.1 Å². The van der Waals surface area contributed by atoms with Gasteiger partial charge >= 0.3 is 0 Å². The van der Waals surface area contributed by atoms with Gasteiger partial charge in [0, 0.05) is 24.3 Å². The molecule has 0 atom stereocenters. The van der Waals surface area contributed by atoms with E-state index in [1.165, 1.54) is 11.1 Å². The molecular weight excluding hydrogens is 260 g/mol. The van der Waals surface area contributed by atoms with Gasteiger partial charge < -0.3 is 10.6 Å². The number of aryl methyl sites for hydroxylation is 1. The monoisotopic (exact) mass is 282 g/mol. The summed E-state index contributed by atoms with van der Waals surface area (Å²) in [5, 5.41) is 6.22. The Bertz CT molecular complexity index is 573. The Hall–Kier alpha value is -2.29. The summed E-state index contributed by atoms with van der Waals surface area (Å²) in [5.74, 6) is 0.0340. The van der Waals surface area contributed by atoms with E-state index in [1.807, 2.05) is 31.2 Å². The molecule has 2 N–H and O–H groups in total. The molecule has 2 aromatic carbocycles. The van der Waals surface area contributed by atoms with E-state index in [1.54, 1.807) is 0 Å². The van der Waals surface area contributed by atoms with E-state index in [-0.39, 0.29) is 5.91 Å². The standard InChI is InChI=1S/C18H22N2O/c1-3-14-5-7-15(8-6-14)13-19-16-9-11-17(12-10-16)20-18(21)4-2/h5-12,19H,3-4,13H2,1-2H3,(H,20,21). The van der Waals surface area contributed by atoms with E-state index in [0.717, 1.165) is 24.3 Å². The maximum atomic E-state index is 11.3. The first-order chi connectivity index (χ1) is 10.2. The molecule has 2 aromatic rings. The second-order valence-electron chi connectivity index (χ2n) is 5.00. The van der Waals surface area contributed by atoms with Crippen LogP contribution < -0.4 is 10.6 Å². The van der Waals surface area contributed by atoms with E-state index in [4.69, 9.17) is 0 Å². The molecule has 0 saturated heterocycles. The molecule has 0 aliphatic heterocycles. The van der Waals surface area contributed by atoms with Gasteiger partial charge in [0.25, 0.3) is 0 Å². The van der Waals surface area contributed by atoms with Crippen molar-refractivity contribution < 1.29 is 4.79 Å². The fourth-order valence-electron chi connectivity index (χ4n) is 2.02. The summed E-state index contributed by atoms with van der Waals surface area (Å²) in [5.41, 5.74) is 4.49. The van der Waals surface area contributed by atoms with E-state index < -0.39 is 0 Å². The molecule has 21 heavy (non-hydrogen) atoms. The van der Waals surface area contributed by atoms with Crippen LogP contribution in [0, 0.1) is 0 Å². The van der Waals surface area contributed by atoms with Crippen LogP contribution in [0.4, 0.5) is 11.4 Å². The summed E-state index contributed by atoms with van der Waals surface area (Å²) >= 11 is 0. The van der Waals surface area contributed by atoms with E-state index >= 15 is 0 Å². The summed E-state index contributed by atoms with van der Waals surface area (Å²) in [6.07, 6.45) is 1.56. The Morgan fingerprint density at radius 2 is 1.43 bits per heavy atom. The molecule has 3 nitrogen and oxygen atoms in total. The lowest BCUT2D eigenvalue weighted by atomic mass is 10.1. The van der Waals surface area contributed by atoms with Gasteiger partial charge in [-0.2, -0.15) is 0 Å². The van der Waals surface area contributed by atoms with Gasteiger partial charge in [-0.05, 0) is 41.8 Å². The Balaban J connectivity index is 1.89. The van der Waals surface area contributed by atoms with Crippen molar-refractivity contribution in [3.05, 3.63) is 59.7 Å². The summed E-state index contributed by atoms with van der Waals surface area (Å²) < 4.78 is 0. The smallest absolute Gasteiger partial charge is 0.224 e. The van der Waals surface area contributed by atoms with Crippen LogP contribution in [0.2, 0.25) is 0 Å². The number of amides is 1. The fourth-order valence-corrected chi connectivity index (χ4v) is 2.02. The molecular formula is C18H22N2O. The predicted octanol–water partition coefficient (Wildman–Crippen LogP) is 4.21. The SMILES string of the molecule is CCC(=O)Nc1ccc(NCc2ccc(CC)cc2)cc1. The van der Waals surface area contributed by atoms with Crippen molar-refractivity contribution in [2.24, 2.45) is 0 Å². The first kappa shape index (κ1) is 15.1. The van der Waals surface area contributed by atoms with Gasteiger partial charge in [0.15, 0.2) is 0 Å². The van der Waals surface area contributed by atoms with Crippen molar-refractivity contribution in [2.75, 3.05) is 10.6 Å². The number of hydrogen-bond donors (Lipinski definition) is 2. The first-order valence-electron chi connectivity index (χ1n) is 7.43. The van der Waals surface area contributed by atoms with Gasteiger partial charge in [-0.25, -0.2) is 0 Å². The number of nitrogens with one attached hydrogen (secondary N) is 2.